The number of hydrogen-bond donors (Lipinski definition) is 2. The Morgan fingerprint density at radius 1 is 1.24 bits per heavy atom. The van der Waals surface area contributed by atoms with Crippen LogP contribution in [0.3, 0.4) is 0 Å². The van der Waals surface area contributed by atoms with Gasteiger partial charge in [0.05, 0.1) is 9.95 Å². The standard InChI is InChI=1S/C13H8ClNO6/c14-10-5-7(16)1-4-12(10)21-8-2-3-11(15(19)20)9(6-8)13(17)18/h1-6,16H,(H,17,18). The van der Waals surface area contributed by atoms with Gasteiger partial charge in [-0.3, -0.25) is 10.1 Å². The quantitative estimate of drug-likeness (QED) is 0.661. The summed E-state index contributed by atoms with van der Waals surface area (Å²) in [7, 11) is 0. The summed E-state index contributed by atoms with van der Waals surface area (Å²) >= 11 is 5.85. The summed E-state index contributed by atoms with van der Waals surface area (Å²) < 4.78 is 5.36. The van der Waals surface area contributed by atoms with E-state index < -0.39 is 22.1 Å². The van der Waals surface area contributed by atoms with Crippen LogP contribution in [0.4, 0.5) is 5.69 Å². The number of nitro groups is 1. The Hall–Kier alpha value is -2.80. The number of rotatable bonds is 4. The molecule has 0 saturated carbocycles. The van der Waals surface area contributed by atoms with E-state index in [9.17, 15) is 20.0 Å². The van der Waals surface area contributed by atoms with Crippen molar-refractivity contribution in [1.82, 2.24) is 0 Å². The summed E-state index contributed by atoms with van der Waals surface area (Å²) in [5.74, 6) is -1.24. The summed E-state index contributed by atoms with van der Waals surface area (Å²) in [6, 6.07) is 7.30. The number of nitrogens with zero attached hydrogens (tertiary/aromatic N) is 1. The van der Waals surface area contributed by atoms with Crippen molar-refractivity contribution in [3.63, 3.8) is 0 Å². The van der Waals surface area contributed by atoms with Crippen LogP contribution >= 0.6 is 11.6 Å². The van der Waals surface area contributed by atoms with Crippen molar-refractivity contribution >= 4 is 23.3 Å². The molecule has 2 aromatic rings. The number of phenolic OH excluding ortho intramolecular Hbond substituents is 1. The van der Waals surface area contributed by atoms with Crippen molar-refractivity contribution in [2.75, 3.05) is 0 Å². The fourth-order valence-corrected chi connectivity index (χ4v) is 1.82. The van der Waals surface area contributed by atoms with E-state index in [0.717, 1.165) is 12.1 Å². The minimum atomic E-state index is -1.44. The van der Waals surface area contributed by atoms with Gasteiger partial charge in [-0.2, -0.15) is 0 Å². The van der Waals surface area contributed by atoms with Gasteiger partial charge >= 0.3 is 5.97 Å². The Balaban J connectivity index is 2.39. The summed E-state index contributed by atoms with van der Waals surface area (Å²) in [5.41, 5.74) is -1.03. The third-order valence-corrected chi connectivity index (χ3v) is 2.83. The lowest BCUT2D eigenvalue weighted by Crippen LogP contribution is -2.02. The number of aromatic hydroxyl groups is 1. The zero-order valence-electron chi connectivity index (χ0n) is 10.3. The van der Waals surface area contributed by atoms with E-state index >= 15 is 0 Å². The fourth-order valence-electron chi connectivity index (χ4n) is 1.61. The van der Waals surface area contributed by atoms with Crippen LogP contribution in [0.5, 0.6) is 17.2 Å². The van der Waals surface area contributed by atoms with Crippen LogP contribution in [0.1, 0.15) is 10.4 Å². The predicted molar refractivity (Wildman–Crippen MR) is 73.2 cm³/mol. The second-order valence-electron chi connectivity index (χ2n) is 3.96. The number of phenols is 1. The molecule has 8 heteroatoms. The molecule has 108 valence electrons. The van der Waals surface area contributed by atoms with Gasteiger partial charge in [-0.25, -0.2) is 4.79 Å². The summed E-state index contributed by atoms with van der Waals surface area (Å²) in [6.45, 7) is 0. The molecule has 0 radical (unpaired) electrons. The Kier molecular flexibility index (Phi) is 3.95. The molecular weight excluding hydrogens is 302 g/mol. The number of benzene rings is 2. The van der Waals surface area contributed by atoms with E-state index in [1.165, 1.54) is 24.3 Å². The number of carbonyl (C=O) groups is 1. The highest BCUT2D eigenvalue weighted by atomic mass is 35.5. The highest BCUT2D eigenvalue weighted by molar-refractivity contribution is 6.32. The molecule has 0 spiro atoms. The first-order valence-electron chi connectivity index (χ1n) is 5.56. The molecule has 0 heterocycles. The SMILES string of the molecule is O=C(O)c1cc(Oc2ccc(O)cc2Cl)ccc1[N+](=O)[O-]. The van der Waals surface area contributed by atoms with E-state index in [-0.39, 0.29) is 22.3 Å². The number of halogens is 1. The number of carboxylic acid groups (broad SMARTS) is 1. The average molecular weight is 310 g/mol. The molecule has 2 rings (SSSR count). The van der Waals surface area contributed by atoms with E-state index in [1.807, 2.05) is 0 Å². The number of ether oxygens (including phenoxy) is 1. The van der Waals surface area contributed by atoms with Crippen LogP contribution < -0.4 is 4.74 Å². The molecular formula is C13H8ClNO6. The topological polar surface area (TPSA) is 110 Å². The summed E-state index contributed by atoms with van der Waals surface area (Å²) in [5, 5.41) is 29.1. The molecule has 0 aliphatic heterocycles. The average Bonchev–Trinajstić information content (AvgIpc) is 2.41. The largest absolute Gasteiger partial charge is 0.508 e. The first-order valence-corrected chi connectivity index (χ1v) is 5.94. The molecule has 0 aromatic heterocycles. The molecule has 0 saturated heterocycles. The Morgan fingerprint density at radius 2 is 1.95 bits per heavy atom. The number of hydrogen-bond acceptors (Lipinski definition) is 5. The Labute approximate surface area is 123 Å². The van der Waals surface area contributed by atoms with Gasteiger partial charge < -0.3 is 14.9 Å². The molecule has 0 bridgehead atoms. The summed E-state index contributed by atoms with van der Waals surface area (Å²) in [6.07, 6.45) is 0. The molecule has 2 aromatic carbocycles. The molecule has 21 heavy (non-hydrogen) atoms. The van der Waals surface area contributed by atoms with Crippen molar-refractivity contribution in [3.05, 3.63) is 57.1 Å². The minimum absolute atomic E-state index is 0.0534. The van der Waals surface area contributed by atoms with E-state index in [0.29, 0.717) is 0 Å². The molecule has 2 N–H and O–H groups in total. The van der Waals surface area contributed by atoms with E-state index in [4.69, 9.17) is 21.4 Å². The highest BCUT2D eigenvalue weighted by Gasteiger charge is 2.20. The van der Waals surface area contributed by atoms with Crippen LogP contribution in [0, 0.1) is 10.1 Å². The zero-order valence-corrected chi connectivity index (χ0v) is 11.1. The van der Waals surface area contributed by atoms with Crippen molar-refractivity contribution in [2.24, 2.45) is 0 Å². The van der Waals surface area contributed by atoms with E-state index in [1.54, 1.807) is 0 Å². The Morgan fingerprint density at radius 3 is 2.52 bits per heavy atom. The van der Waals surface area contributed by atoms with Crippen LogP contribution in [-0.4, -0.2) is 21.1 Å². The second kappa shape index (κ2) is 5.68. The van der Waals surface area contributed by atoms with Crippen molar-refractivity contribution in [3.8, 4) is 17.2 Å². The monoisotopic (exact) mass is 309 g/mol. The van der Waals surface area contributed by atoms with Gasteiger partial charge in [-0.1, -0.05) is 11.6 Å². The third kappa shape index (κ3) is 3.21. The normalized spacial score (nSPS) is 10.1. The van der Waals surface area contributed by atoms with Crippen LogP contribution in [0.25, 0.3) is 0 Å². The Bertz CT molecular complexity index is 731. The van der Waals surface area contributed by atoms with Crippen molar-refractivity contribution in [1.29, 1.82) is 0 Å². The maximum Gasteiger partial charge on any atom is 0.342 e. The van der Waals surface area contributed by atoms with Gasteiger partial charge in [0.15, 0.2) is 0 Å². The smallest absolute Gasteiger partial charge is 0.342 e. The zero-order chi connectivity index (χ0) is 15.6. The van der Waals surface area contributed by atoms with Crippen LogP contribution in [0.15, 0.2) is 36.4 Å². The van der Waals surface area contributed by atoms with E-state index in [2.05, 4.69) is 0 Å². The third-order valence-electron chi connectivity index (χ3n) is 2.54. The number of aromatic carboxylic acids is 1. The maximum atomic E-state index is 11.0. The van der Waals surface area contributed by atoms with Gasteiger partial charge in [0.2, 0.25) is 0 Å². The summed E-state index contributed by atoms with van der Waals surface area (Å²) in [4.78, 5) is 21.0. The van der Waals surface area contributed by atoms with Crippen LogP contribution in [0.2, 0.25) is 5.02 Å². The molecule has 0 unspecified atom stereocenters. The van der Waals surface area contributed by atoms with Crippen molar-refractivity contribution in [2.45, 2.75) is 0 Å². The predicted octanol–water partition coefficient (Wildman–Crippen LogP) is 3.44. The van der Waals surface area contributed by atoms with Gasteiger partial charge in [0.25, 0.3) is 5.69 Å². The van der Waals surface area contributed by atoms with Crippen molar-refractivity contribution < 1.29 is 24.7 Å². The molecule has 0 aliphatic carbocycles. The molecule has 0 amide bonds. The lowest BCUT2D eigenvalue weighted by atomic mass is 10.1. The maximum absolute atomic E-state index is 11.0. The number of carboxylic acids is 1. The number of nitro benzene ring substituents is 1. The molecule has 7 nitrogen and oxygen atoms in total. The second-order valence-corrected chi connectivity index (χ2v) is 4.37. The fraction of sp³-hybridized carbons (Fsp3) is 0. The first kappa shape index (κ1) is 14.6. The lowest BCUT2D eigenvalue weighted by Gasteiger charge is -2.08. The lowest BCUT2D eigenvalue weighted by molar-refractivity contribution is -0.385. The van der Waals surface area contributed by atoms with Gasteiger partial charge in [0.1, 0.15) is 22.8 Å². The van der Waals surface area contributed by atoms with Gasteiger partial charge in [0, 0.05) is 18.2 Å². The molecule has 0 aliphatic rings. The first-order chi connectivity index (χ1) is 9.88. The minimum Gasteiger partial charge on any atom is -0.508 e. The molecule has 0 atom stereocenters. The van der Waals surface area contributed by atoms with Crippen LogP contribution in [-0.2, 0) is 0 Å². The van der Waals surface area contributed by atoms with Gasteiger partial charge in [-0.05, 0) is 18.2 Å². The van der Waals surface area contributed by atoms with Gasteiger partial charge in [-0.15, -0.1) is 0 Å². The highest BCUT2D eigenvalue weighted by Crippen LogP contribution is 2.33. The molecule has 0 fully saturated rings.